The van der Waals surface area contributed by atoms with Crippen molar-refractivity contribution in [2.45, 2.75) is 6.61 Å². The molecule has 0 amide bonds. The summed E-state index contributed by atoms with van der Waals surface area (Å²) in [6.07, 6.45) is 0. The Balaban J connectivity index is 1.66. The summed E-state index contributed by atoms with van der Waals surface area (Å²) in [5, 5.41) is 0.754. The van der Waals surface area contributed by atoms with Gasteiger partial charge in [0, 0.05) is 0 Å². The standard InChI is InChI=1S/C20H15NO2Se/c22-20-18-13-17(23-14-15-7-3-1-4-8-15)11-12-19(18)24-21(20)16-9-5-2-6-10-16/h1-13H,14H2. The molecule has 0 fully saturated rings. The molecule has 3 nitrogen and oxygen atoms in total. The molecule has 4 heteroatoms. The summed E-state index contributed by atoms with van der Waals surface area (Å²) in [5.74, 6) is 0.733. The Hall–Kier alpha value is -2.55. The predicted molar refractivity (Wildman–Crippen MR) is 97.3 cm³/mol. The molecule has 0 aliphatic heterocycles. The maximum absolute atomic E-state index is 12.7. The summed E-state index contributed by atoms with van der Waals surface area (Å²) in [5.41, 5.74) is 2.12. The molecule has 4 rings (SSSR count). The first-order valence-electron chi connectivity index (χ1n) is 7.69. The van der Waals surface area contributed by atoms with Gasteiger partial charge in [0.25, 0.3) is 0 Å². The average Bonchev–Trinajstić information content (AvgIpc) is 2.98. The van der Waals surface area contributed by atoms with E-state index in [-0.39, 0.29) is 20.3 Å². The number of rotatable bonds is 4. The second kappa shape index (κ2) is 6.52. The molecule has 24 heavy (non-hydrogen) atoms. The summed E-state index contributed by atoms with van der Waals surface area (Å²) < 4.78 is 8.80. The molecular weight excluding hydrogens is 365 g/mol. The molecule has 0 aliphatic carbocycles. The van der Waals surface area contributed by atoms with Gasteiger partial charge in [-0.3, -0.25) is 0 Å². The molecule has 3 aromatic carbocycles. The number of nitrogens with zero attached hydrogens (tertiary/aromatic N) is 1. The van der Waals surface area contributed by atoms with Gasteiger partial charge in [0.1, 0.15) is 0 Å². The van der Waals surface area contributed by atoms with Crippen molar-refractivity contribution in [2.75, 3.05) is 0 Å². The van der Waals surface area contributed by atoms with Gasteiger partial charge in [-0.25, -0.2) is 0 Å². The monoisotopic (exact) mass is 381 g/mol. The first-order chi connectivity index (χ1) is 11.8. The van der Waals surface area contributed by atoms with Crippen LogP contribution in [0.25, 0.3) is 15.3 Å². The Morgan fingerprint density at radius 1 is 0.875 bits per heavy atom. The summed E-state index contributed by atoms with van der Waals surface area (Å²) in [7, 11) is 0. The van der Waals surface area contributed by atoms with E-state index in [1.54, 1.807) is 0 Å². The molecule has 0 spiro atoms. The molecule has 0 bridgehead atoms. The third-order valence-corrected chi connectivity index (χ3v) is 6.13. The van der Waals surface area contributed by atoms with Crippen LogP contribution in [0.5, 0.6) is 5.75 Å². The number of ether oxygens (including phenoxy) is 1. The zero-order valence-electron chi connectivity index (χ0n) is 12.9. The quantitative estimate of drug-likeness (QED) is 0.507. The van der Waals surface area contributed by atoms with Crippen molar-refractivity contribution in [2.24, 2.45) is 0 Å². The molecule has 1 heterocycles. The van der Waals surface area contributed by atoms with Crippen molar-refractivity contribution in [3.8, 4) is 11.4 Å². The number of hydrogen-bond acceptors (Lipinski definition) is 2. The van der Waals surface area contributed by atoms with Crippen molar-refractivity contribution < 1.29 is 4.74 Å². The third-order valence-electron chi connectivity index (χ3n) is 3.79. The van der Waals surface area contributed by atoms with Gasteiger partial charge in [-0.05, 0) is 0 Å². The van der Waals surface area contributed by atoms with Gasteiger partial charge in [-0.15, -0.1) is 0 Å². The van der Waals surface area contributed by atoms with E-state index in [2.05, 4.69) is 0 Å². The number of hydrogen-bond donors (Lipinski definition) is 0. The van der Waals surface area contributed by atoms with Crippen LogP contribution in [-0.2, 0) is 6.61 Å². The van der Waals surface area contributed by atoms with Gasteiger partial charge in [0.05, 0.1) is 0 Å². The molecule has 0 N–H and O–H groups in total. The third kappa shape index (κ3) is 2.94. The van der Waals surface area contributed by atoms with Crippen molar-refractivity contribution >= 4 is 24.4 Å². The molecule has 0 unspecified atom stereocenters. The number of fused-ring (bicyclic) bond motifs is 1. The van der Waals surface area contributed by atoms with Gasteiger partial charge < -0.3 is 0 Å². The Bertz CT molecular complexity index is 1020. The average molecular weight is 380 g/mol. The number of aromatic nitrogens is 1. The van der Waals surface area contributed by atoms with E-state index in [1.165, 1.54) is 0 Å². The van der Waals surface area contributed by atoms with Gasteiger partial charge in [0.2, 0.25) is 0 Å². The van der Waals surface area contributed by atoms with E-state index in [4.69, 9.17) is 4.74 Å². The van der Waals surface area contributed by atoms with Crippen LogP contribution in [0.4, 0.5) is 0 Å². The van der Waals surface area contributed by atoms with Crippen molar-refractivity contribution in [1.82, 2.24) is 3.56 Å². The molecule has 0 saturated carbocycles. The van der Waals surface area contributed by atoms with E-state index in [0.717, 1.165) is 26.6 Å². The van der Waals surface area contributed by atoms with E-state index in [1.807, 2.05) is 82.4 Å². The van der Waals surface area contributed by atoms with Crippen LogP contribution >= 0.6 is 0 Å². The van der Waals surface area contributed by atoms with Crippen molar-refractivity contribution in [1.29, 1.82) is 0 Å². The fraction of sp³-hybridized carbons (Fsp3) is 0.0500. The van der Waals surface area contributed by atoms with E-state index >= 15 is 0 Å². The topological polar surface area (TPSA) is 31.2 Å². The number of para-hydroxylation sites is 1. The Morgan fingerprint density at radius 3 is 2.33 bits per heavy atom. The van der Waals surface area contributed by atoms with Crippen LogP contribution in [-0.4, -0.2) is 18.3 Å². The van der Waals surface area contributed by atoms with Gasteiger partial charge in [0.15, 0.2) is 0 Å². The van der Waals surface area contributed by atoms with Crippen LogP contribution in [0.2, 0.25) is 0 Å². The molecule has 0 aliphatic rings. The molecule has 0 radical (unpaired) electrons. The van der Waals surface area contributed by atoms with Crippen LogP contribution in [0, 0.1) is 0 Å². The fourth-order valence-corrected chi connectivity index (χ4v) is 4.62. The van der Waals surface area contributed by atoms with Gasteiger partial charge in [-0.1, -0.05) is 0 Å². The first-order valence-corrected chi connectivity index (χ1v) is 9.32. The van der Waals surface area contributed by atoms with E-state index in [0.29, 0.717) is 6.61 Å². The Labute approximate surface area is 145 Å². The molecule has 118 valence electrons. The van der Waals surface area contributed by atoms with Crippen molar-refractivity contribution in [3.05, 3.63) is 94.8 Å². The molecule has 1 aromatic heterocycles. The summed E-state index contributed by atoms with van der Waals surface area (Å²) in [6.45, 7) is 0.501. The Morgan fingerprint density at radius 2 is 1.58 bits per heavy atom. The minimum atomic E-state index is -0.0221. The zero-order chi connectivity index (χ0) is 16.4. The SMILES string of the molecule is O=c1c2cc(OCc3ccccc3)ccc2[se]n1-c1ccccc1. The van der Waals surface area contributed by atoms with Crippen molar-refractivity contribution in [3.63, 3.8) is 0 Å². The summed E-state index contributed by atoms with van der Waals surface area (Å²) in [4.78, 5) is 12.7. The van der Waals surface area contributed by atoms with Crippen LogP contribution < -0.4 is 10.3 Å². The normalized spacial score (nSPS) is 10.8. The van der Waals surface area contributed by atoms with Gasteiger partial charge >= 0.3 is 146 Å². The first kappa shape index (κ1) is 15.0. The second-order valence-electron chi connectivity index (χ2n) is 5.46. The van der Waals surface area contributed by atoms with E-state index in [9.17, 15) is 4.79 Å². The molecule has 0 atom stereocenters. The minimum absolute atomic E-state index is 0.0221. The van der Waals surface area contributed by atoms with Crippen LogP contribution in [0.15, 0.2) is 83.7 Å². The molecule has 4 aromatic rings. The van der Waals surface area contributed by atoms with Crippen LogP contribution in [0.3, 0.4) is 0 Å². The maximum atomic E-state index is 12.7. The number of benzene rings is 3. The summed E-state index contributed by atoms with van der Waals surface area (Å²) in [6, 6.07) is 25.7. The molecular formula is C20H15NO2Se. The second-order valence-corrected chi connectivity index (χ2v) is 7.53. The predicted octanol–water partition coefficient (Wildman–Crippen LogP) is 3.63. The molecule has 0 saturated heterocycles. The summed E-state index contributed by atoms with van der Waals surface area (Å²) >= 11 is -0.0221. The zero-order valence-corrected chi connectivity index (χ0v) is 14.6. The van der Waals surface area contributed by atoms with Crippen LogP contribution in [0.1, 0.15) is 5.56 Å². The Kier molecular flexibility index (Phi) is 4.08. The van der Waals surface area contributed by atoms with E-state index < -0.39 is 0 Å². The van der Waals surface area contributed by atoms with Gasteiger partial charge in [-0.2, -0.15) is 0 Å². The fourth-order valence-electron chi connectivity index (χ4n) is 2.57.